The fourth-order valence-corrected chi connectivity index (χ4v) is 3.93. The first-order valence-corrected chi connectivity index (χ1v) is 7.90. The summed E-state index contributed by atoms with van der Waals surface area (Å²) in [5.74, 6) is 1.76. The van der Waals surface area contributed by atoms with E-state index in [2.05, 4.69) is 20.8 Å². The Balaban J connectivity index is 1.88. The van der Waals surface area contributed by atoms with E-state index >= 15 is 0 Å². The molecule has 0 radical (unpaired) electrons. The van der Waals surface area contributed by atoms with Crippen LogP contribution in [0.3, 0.4) is 0 Å². The van der Waals surface area contributed by atoms with E-state index in [9.17, 15) is 0 Å². The van der Waals surface area contributed by atoms with Crippen LogP contribution in [0.15, 0.2) is 0 Å². The van der Waals surface area contributed by atoms with Crippen LogP contribution >= 0.6 is 0 Å². The number of ether oxygens (including phenoxy) is 1. The molecule has 0 amide bonds. The zero-order chi connectivity index (χ0) is 13.2. The molecular formula is C16H31NO. The number of hydrogen-bond acceptors (Lipinski definition) is 2. The molecule has 18 heavy (non-hydrogen) atoms. The maximum atomic E-state index is 6.12. The molecule has 1 heterocycles. The second-order valence-corrected chi connectivity index (χ2v) is 7.14. The third kappa shape index (κ3) is 3.27. The van der Waals surface area contributed by atoms with Crippen LogP contribution in [0.2, 0.25) is 0 Å². The summed E-state index contributed by atoms with van der Waals surface area (Å²) in [6.45, 7) is 7.78. The average molecular weight is 253 g/mol. The molecule has 1 saturated carbocycles. The van der Waals surface area contributed by atoms with Gasteiger partial charge in [0.25, 0.3) is 0 Å². The van der Waals surface area contributed by atoms with Crippen LogP contribution in [-0.2, 0) is 4.74 Å². The summed E-state index contributed by atoms with van der Waals surface area (Å²) in [6.07, 6.45) is 10.0. The lowest BCUT2D eigenvalue weighted by Crippen LogP contribution is -2.38. The highest BCUT2D eigenvalue weighted by Gasteiger charge is 2.38. The number of hydrogen-bond donors (Lipinski definition) is 1. The molecule has 2 fully saturated rings. The summed E-state index contributed by atoms with van der Waals surface area (Å²) in [7, 11) is 0. The van der Waals surface area contributed by atoms with Crippen molar-refractivity contribution >= 4 is 0 Å². The zero-order valence-corrected chi connectivity index (χ0v) is 12.5. The minimum Gasteiger partial charge on any atom is -0.375 e. The van der Waals surface area contributed by atoms with Crippen LogP contribution in [0.1, 0.15) is 65.7 Å². The first-order chi connectivity index (χ1) is 8.54. The largest absolute Gasteiger partial charge is 0.375 e. The lowest BCUT2D eigenvalue weighted by Gasteiger charge is -2.42. The SMILES string of the molecule is CC1CCC(CC2(CN)CCC(C(C)C)CC2)O1. The van der Waals surface area contributed by atoms with Gasteiger partial charge >= 0.3 is 0 Å². The van der Waals surface area contributed by atoms with Gasteiger partial charge in [-0.2, -0.15) is 0 Å². The van der Waals surface area contributed by atoms with E-state index in [0.29, 0.717) is 17.6 Å². The van der Waals surface area contributed by atoms with E-state index in [4.69, 9.17) is 10.5 Å². The van der Waals surface area contributed by atoms with E-state index in [-0.39, 0.29) is 0 Å². The number of nitrogens with two attached hydrogens (primary N) is 1. The topological polar surface area (TPSA) is 35.2 Å². The Morgan fingerprint density at radius 1 is 1.17 bits per heavy atom. The van der Waals surface area contributed by atoms with Crippen LogP contribution < -0.4 is 5.73 Å². The maximum absolute atomic E-state index is 6.12. The Morgan fingerprint density at radius 3 is 2.28 bits per heavy atom. The summed E-state index contributed by atoms with van der Waals surface area (Å²) in [5.41, 5.74) is 6.51. The van der Waals surface area contributed by atoms with Crippen molar-refractivity contribution in [3.8, 4) is 0 Å². The Morgan fingerprint density at radius 2 is 1.83 bits per heavy atom. The number of rotatable bonds is 4. The monoisotopic (exact) mass is 253 g/mol. The molecular weight excluding hydrogens is 222 g/mol. The molecule has 0 spiro atoms. The van der Waals surface area contributed by atoms with Gasteiger partial charge in [0.15, 0.2) is 0 Å². The van der Waals surface area contributed by atoms with Gasteiger partial charge < -0.3 is 10.5 Å². The minimum atomic E-state index is 0.389. The lowest BCUT2D eigenvalue weighted by atomic mass is 9.65. The van der Waals surface area contributed by atoms with E-state index in [1.54, 1.807) is 0 Å². The normalized spacial score (nSPS) is 41.5. The van der Waals surface area contributed by atoms with Crippen molar-refractivity contribution in [2.24, 2.45) is 23.0 Å². The molecule has 1 saturated heterocycles. The van der Waals surface area contributed by atoms with Crippen molar-refractivity contribution in [1.29, 1.82) is 0 Å². The van der Waals surface area contributed by atoms with Crippen LogP contribution in [0, 0.1) is 17.3 Å². The highest BCUT2D eigenvalue weighted by molar-refractivity contribution is 4.90. The molecule has 2 unspecified atom stereocenters. The zero-order valence-electron chi connectivity index (χ0n) is 12.5. The van der Waals surface area contributed by atoms with Crippen molar-refractivity contribution in [2.75, 3.05) is 6.54 Å². The molecule has 2 nitrogen and oxygen atoms in total. The fraction of sp³-hybridized carbons (Fsp3) is 1.00. The van der Waals surface area contributed by atoms with Gasteiger partial charge in [-0.1, -0.05) is 13.8 Å². The molecule has 2 N–H and O–H groups in total. The predicted octanol–water partition coefficient (Wildman–Crippen LogP) is 3.74. The van der Waals surface area contributed by atoms with E-state index in [1.807, 2.05) is 0 Å². The Kier molecular flexibility index (Phi) is 4.71. The predicted molar refractivity (Wildman–Crippen MR) is 76.5 cm³/mol. The highest BCUT2D eigenvalue weighted by atomic mass is 16.5. The summed E-state index contributed by atoms with van der Waals surface area (Å²) in [6, 6.07) is 0. The Labute approximate surface area is 113 Å². The average Bonchev–Trinajstić information content (AvgIpc) is 2.75. The molecule has 0 bridgehead atoms. The van der Waals surface area contributed by atoms with Gasteiger partial charge in [-0.25, -0.2) is 0 Å². The molecule has 1 aliphatic carbocycles. The fourth-order valence-electron chi connectivity index (χ4n) is 3.93. The molecule has 2 rings (SSSR count). The van der Waals surface area contributed by atoms with E-state index in [0.717, 1.165) is 18.4 Å². The van der Waals surface area contributed by atoms with Crippen LogP contribution in [0.4, 0.5) is 0 Å². The standard InChI is InChI=1S/C16H31NO/c1-12(2)14-6-8-16(11-17,9-7-14)10-15-5-4-13(3)18-15/h12-15H,4-11,17H2,1-3H3. The van der Waals surface area contributed by atoms with Crippen molar-refractivity contribution in [3.05, 3.63) is 0 Å². The molecule has 2 heteroatoms. The van der Waals surface area contributed by atoms with Crippen LogP contribution in [-0.4, -0.2) is 18.8 Å². The van der Waals surface area contributed by atoms with Crippen molar-refractivity contribution in [3.63, 3.8) is 0 Å². The van der Waals surface area contributed by atoms with Gasteiger partial charge in [-0.15, -0.1) is 0 Å². The van der Waals surface area contributed by atoms with Gasteiger partial charge in [0.1, 0.15) is 0 Å². The van der Waals surface area contributed by atoms with E-state index in [1.165, 1.54) is 44.9 Å². The first kappa shape index (κ1) is 14.3. The second-order valence-electron chi connectivity index (χ2n) is 7.14. The molecule has 2 atom stereocenters. The van der Waals surface area contributed by atoms with Gasteiger partial charge in [-0.05, 0) is 75.7 Å². The summed E-state index contributed by atoms with van der Waals surface area (Å²) in [4.78, 5) is 0. The molecule has 0 aromatic rings. The molecule has 1 aliphatic heterocycles. The first-order valence-electron chi connectivity index (χ1n) is 7.90. The smallest absolute Gasteiger partial charge is 0.0585 e. The van der Waals surface area contributed by atoms with Gasteiger partial charge in [0.05, 0.1) is 12.2 Å². The van der Waals surface area contributed by atoms with Crippen molar-refractivity contribution < 1.29 is 4.74 Å². The second kappa shape index (κ2) is 5.92. The Bertz CT molecular complexity index is 256. The Hall–Kier alpha value is -0.0800. The van der Waals surface area contributed by atoms with Crippen molar-refractivity contribution in [1.82, 2.24) is 0 Å². The molecule has 0 aromatic carbocycles. The summed E-state index contributed by atoms with van der Waals surface area (Å²) < 4.78 is 6.01. The van der Waals surface area contributed by atoms with Gasteiger partial charge in [0, 0.05) is 0 Å². The lowest BCUT2D eigenvalue weighted by molar-refractivity contribution is 0.00589. The third-order valence-electron chi connectivity index (χ3n) is 5.45. The van der Waals surface area contributed by atoms with Gasteiger partial charge in [0.2, 0.25) is 0 Å². The van der Waals surface area contributed by atoms with Crippen LogP contribution in [0.5, 0.6) is 0 Å². The summed E-state index contributed by atoms with van der Waals surface area (Å²) in [5, 5.41) is 0. The molecule has 106 valence electrons. The molecule has 2 aliphatic rings. The highest BCUT2D eigenvalue weighted by Crippen LogP contribution is 2.45. The quantitative estimate of drug-likeness (QED) is 0.828. The minimum absolute atomic E-state index is 0.389. The van der Waals surface area contributed by atoms with Gasteiger partial charge in [-0.3, -0.25) is 0 Å². The van der Waals surface area contributed by atoms with Crippen molar-refractivity contribution in [2.45, 2.75) is 77.9 Å². The maximum Gasteiger partial charge on any atom is 0.0585 e. The van der Waals surface area contributed by atoms with E-state index < -0.39 is 0 Å². The summed E-state index contributed by atoms with van der Waals surface area (Å²) >= 11 is 0. The third-order valence-corrected chi connectivity index (χ3v) is 5.45. The molecule has 0 aromatic heterocycles. The van der Waals surface area contributed by atoms with Crippen LogP contribution in [0.25, 0.3) is 0 Å².